The number of carbonyl (C=O) groups is 2. The zero-order chi connectivity index (χ0) is 18.9. The fourth-order valence-electron chi connectivity index (χ4n) is 6.93. The van der Waals surface area contributed by atoms with Crippen LogP contribution in [-0.4, -0.2) is 49.4 Å². The van der Waals surface area contributed by atoms with Gasteiger partial charge in [-0.05, 0) is 93.5 Å². The molecule has 5 rings (SSSR count). The maximum atomic E-state index is 12.6. The molecule has 2 amide bonds. The average Bonchev–Trinajstić information content (AvgIpc) is 2.63. The topological polar surface area (TPSA) is 61.4 Å². The zero-order valence-electron chi connectivity index (χ0n) is 17.0. The van der Waals surface area contributed by atoms with E-state index in [4.69, 9.17) is 0 Å². The van der Waals surface area contributed by atoms with Crippen LogP contribution in [-0.2, 0) is 9.59 Å². The Morgan fingerprint density at radius 3 is 2.15 bits per heavy atom. The highest BCUT2D eigenvalue weighted by Gasteiger charge is 2.51. The summed E-state index contributed by atoms with van der Waals surface area (Å²) in [5.74, 6) is 3.49. The van der Waals surface area contributed by atoms with Crippen molar-refractivity contribution in [2.75, 3.05) is 32.7 Å². The van der Waals surface area contributed by atoms with E-state index in [0.29, 0.717) is 12.3 Å². The summed E-state index contributed by atoms with van der Waals surface area (Å²) in [6, 6.07) is 0. The minimum absolute atomic E-state index is 0.0933. The number of amides is 2. The van der Waals surface area contributed by atoms with Crippen LogP contribution in [0.5, 0.6) is 0 Å². The highest BCUT2D eigenvalue weighted by Crippen LogP contribution is 2.61. The first-order valence-corrected chi connectivity index (χ1v) is 11.3. The molecule has 0 atom stereocenters. The second-order valence-corrected chi connectivity index (χ2v) is 10.0. The number of hydrogen-bond donors (Lipinski definition) is 2. The van der Waals surface area contributed by atoms with Crippen LogP contribution in [0.3, 0.4) is 0 Å². The fourth-order valence-corrected chi connectivity index (χ4v) is 6.93. The van der Waals surface area contributed by atoms with Gasteiger partial charge in [-0.1, -0.05) is 6.92 Å². The van der Waals surface area contributed by atoms with E-state index in [1.807, 2.05) is 4.90 Å². The van der Waals surface area contributed by atoms with Gasteiger partial charge in [0, 0.05) is 19.5 Å². The summed E-state index contributed by atoms with van der Waals surface area (Å²) in [7, 11) is 0. The van der Waals surface area contributed by atoms with Crippen LogP contribution in [0.15, 0.2) is 0 Å². The maximum Gasteiger partial charge on any atom is 0.241 e. The Kier molecular flexibility index (Phi) is 5.77. The Bertz CT molecular complexity index is 518. The van der Waals surface area contributed by atoms with E-state index in [1.54, 1.807) is 0 Å². The van der Waals surface area contributed by atoms with E-state index >= 15 is 0 Å². The summed E-state index contributed by atoms with van der Waals surface area (Å²) in [6.45, 7) is 6.04. The number of rotatable bonds is 7. The van der Waals surface area contributed by atoms with Gasteiger partial charge in [0.25, 0.3) is 0 Å². The van der Waals surface area contributed by atoms with Gasteiger partial charge in [0.1, 0.15) is 0 Å². The Hall–Kier alpha value is -1.10. The normalized spacial score (nSPS) is 35.4. The predicted octanol–water partition coefficient (Wildman–Crippen LogP) is 2.56. The van der Waals surface area contributed by atoms with Crippen molar-refractivity contribution in [2.45, 2.75) is 64.7 Å². The molecule has 0 aromatic heterocycles. The SMILES string of the molecule is CCNCC1CCN(C(=O)CNC(=O)CC23CC4CC(CC(C4)C2)C3)CC1. The second kappa shape index (κ2) is 8.10. The molecule has 1 aliphatic heterocycles. The lowest BCUT2D eigenvalue weighted by Crippen LogP contribution is -2.49. The van der Waals surface area contributed by atoms with Gasteiger partial charge in [0.2, 0.25) is 11.8 Å². The highest BCUT2D eigenvalue weighted by atomic mass is 16.2. The van der Waals surface area contributed by atoms with E-state index in [-0.39, 0.29) is 23.8 Å². The first-order chi connectivity index (χ1) is 13.0. The van der Waals surface area contributed by atoms with Crippen molar-refractivity contribution in [3.05, 3.63) is 0 Å². The second-order valence-electron chi connectivity index (χ2n) is 10.0. The molecule has 4 saturated carbocycles. The molecule has 5 fully saturated rings. The molecule has 0 aromatic rings. The first kappa shape index (κ1) is 19.2. The molecule has 4 aliphatic carbocycles. The minimum atomic E-state index is 0.0933. The van der Waals surface area contributed by atoms with E-state index in [0.717, 1.165) is 56.8 Å². The monoisotopic (exact) mass is 375 g/mol. The van der Waals surface area contributed by atoms with Crippen LogP contribution in [0.1, 0.15) is 64.7 Å². The summed E-state index contributed by atoms with van der Waals surface area (Å²) in [6.07, 6.45) is 10.8. The molecule has 5 aliphatic rings. The van der Waals surface area contributed by atoms with Gasteiger partial charge in [0.15, 0.2) is 0 Å². The third-order valence-corrected chi connectivity index (χ3v) is 7.79. The van der Waals surface area contributed by atoms with Gasteiger partial charge >= 0.3 is 0 Å². The van der Waals surface area contributed by atoms with Gasteiger partial charge in [-0.2, -0.15) is 0 Å². The van der Waals surface area contributed by atoms with Crippen LogP contribution in [0, 0.1) is 29.1 Å². The smallest absolute Gasteiger partial charge is 0.241 e. The van der Waals surface area contributed by atoms with E-state index < -0.39 is 0 Å². The minimum Gasteiger partial charge on any atom is -0.347 e. The zero-order valence-corrected chi connectivity index (χ0v) is 17.0. The van der Waals surface area contributed by atoms with Crippen LogP contribution in [0.2, 0.25) is 0 Å². The van der Waals surface area contributed by atoms with Crippen molar-refractivity contribution >= 4 is 11.8 Å². The first-order valence-electron chi connectivity index (χ1n) is 11.3. The molecular formula is C22H37N3O2. The van der Waals surface area contributed by atoms with Crippen molar-refractivity contribution < 1.29 is 9.59 Å². The maximum absolute atomic E-state index is 12.6. The number of carbonyl (C=O) groups excluding carboxylic acids is 2. The Morgan fingerprint density at radius 2 is 1.59 bits per heavy atom. The number of nitrogens with zero attached hydrogens (tertiary/aromatic N) is 1. The summed E-state index contributed by atoms with van der Waals surface area (Å²) >= 11 is 0. The lowest BCUT2D eigenvalue weighted by molar-refractivity contribution is -0.136. The third-order valence-electron chi connectivity index (χ3n) is 7.79. The Labute approximate surface area is 164 Å². The summed E-state index contributed by atoms with van der Waals surface area (Å²) in [5.41, 5.74) is 0.256. The van der Waals surface area contributed by atoms with Crippen molar-refractivity contribution in [2.24, 2.45) is 29.1 Å². The molecule has 27 heavy (non-hydrogen) atoms. The number of likely N-dealkylation sites (tertiary alicyclic amines) is 1. The van der Waals surface area contributed by atoms with Gasteiger partial charge in [-0.25, -0.2) is 0 Å². The number of hydrogen-bond acceptors (Lipinski definition) is 3. The van der Waals surface area contributed by atoms with Crippen LogP contribution >= 0.6 is 0 Å². The number of piperidine rings is 1. The summed E-state index contributed by atoms with van der Waals surface area (Å²) < 4.78 is 0. The van der Waals surface area contributed by atoms with Crippen molar-refractivity contribution in [3.8, 4) is 0 Å². The molecular weight excluding hydrogens is 338 g/mol. The van der Waals surface area contributed by atoms with E-state index in [9.17, 15) is 9.59 Å². The number of nitrogens with one attached hydrogen (secondary N) is 2. The molecule has 2 N–H and O–H groups in total. The van der Waals surface area contributed by atoms with Crippen LogP contribution in [0.4, 0.5) is 0 Å². The largest absolute Gasteiger partial charge is 0.347 e. The average molecular weight is 376 g/mol. The highest BCUT2D eigenvalue weighted by molar-refractivity contribution is 5.85. The summed E-state index contributed by atoms with van der Waals surface area (Å²) in [4.78, 5) is 27.0. The molecule has 1 heterocycles. The quantitative estimate of drug-likeness (QED) is 0.719. The van der Waals surface area contributed by atoms with E-state index in [1.165, 1.54) is 38.5 Å². The molecule has 4 bridgehead atoms. The van der Waals surface area contributed by atoms with Crippen LogP contribution in [0.25, 0.3) is 0 Å². The predicted molar refractivity (Wildman–Crippen MR) is 106 cm³/mol. The fraction of sp³-hybridized carbons (Fsp3) is 0.909. The molecule has 1 saturated heterocycles. The van der Waals surface area contributed by atoms with Crippen LogP contribution < -0.4 is 10.6 Å². The van der Waals surface area contributed by atoms with Gasteiger partial charge in [-0.3, -0.25) is 9.59 Å². The molecule has 5 nitrogen and oxygen atoms in total. The molecule has 0 spiro atoms. The van der Waals surface area contributed by atoms with Gasteiger partial charge in [0.05, 0.1) is 6.54 Å². The Morgan fingerprint density at radius 1 is 1.00 bits per heavy atom. The lowest BCUT2D eigenvalue weighted by atomic mass is 9.49. The standard InChI is InChI=1S/C22H37N3O2/c1-2-23-14-16-3-5-25(6-4-16)21(27)15-24-20(26)13-22-10-17-7-18(11-22)9-19(8-17)12-22/h16-19,23H,2-15H2,1H3,(H,24,26). The molecule has 0 unspecified atom stereocenters. The Balaban J connectivity index is 1.19. The summed E-state index contributed by atoms with van der Waals surface area (Å²) in [5, 5.41) is 6.36. The van der Waals surface area contributed by atoms with Gasteiger partial charge < -0.3 is 15.5 Å². The van der Waals surface area contributed by atoms with Crippen molar-refractivity contribution in [3.63, 3.8) is 0 Å². The lowest BCUT2D eigenvalue weighted by Gasteiger charge is -2.56. The van der Waals surface area contributed by atoms with Gasteiger partial charge in [-0.15, -0.1) is 0 Å². The van der Waals surface area contributed by atoms with Crippen molar-refractivity contribution in [1.29, 1.82) is 0 Å². The molecule has 0 aromatic carbocycles. The van der Waals surface area contributed by atoms with E-state index in [2.05, 4.69) is 17.6 Å². The molecule has 0 radical (unpaired) electrons. The third kappa shape index (κ3) is 4.49. The molecule has 152 valence electrons. The molecule has 5 heteroatoms. The van der Waals surface area contributed by atoms with Crippen molar-refractivity contribution in [1.82, 2.24) is 15.5 Å².